The summed E-state index contributed by atoms with van der Waals surface area (Å²) in [4.78, 5) is 28.5. The van der Waals surface area contributed by atoms with Crippen LogP contribution in [-0.2, 0) is 4.74 Å². The Morgan fingerprint density at radius 2 is 2.10 bits per heavy atom. The van der Waals surface area contributed by atoms with Crippen LogP contribution in [0.1, 0.15) is 29.8 Å². The maximum absolute atomic E-state index is 11.7. The smallest absolute Gasteiger partial charge is 0.356 e. The molecule has 0 spiro atoms. The van der Waals surface area contributed by atoms with Crippen LogP contribution < -0.4 is 10.2 Å². The van der Waals surface area contributed by atoms with Crippen LogP contribution in [0.3, 0.4) is 0 Å². The lowest BCUT2D eigenvalue weighted by Gasteiger charge is -2.28. The normalized spacial score (nSPS) is 14.7. The molecule has 1 aromatic rings. The fourth-order valence-electron chi connectivity index (χ4n) is 2.46. The van der Waals surface area contributed by atoms with Crippen molar-refractivity contribution in [3.8, 4) is 0 Å². The second kappa shape index (κ2) is 6.38. The number of nitro groups is 1. The van der Waals surface area contributed by atoms with E-state index in [-0.39, 0.29) is 17.2 Å². The van der Waals surface area contributed by atoms with Gasteiger partial charge in [-0.15, -0.1) is 0 Å². The molecule has 0 radical (unpaired) electrons. The number of nitrogens with one attached hydrogen (secondary N) is 1. The summed E-state index contributed by atoms with van der Waals surface area (Å²) < 4.78 is 4.66. The second-order valence-electron chi connectivity index (χ2n) is 4.77. The number of esters is 1. The summed E-state index contributed by atoms with van der Waals surface area (Å²) >= 11 is 0. The molecule has 1 aliphatic heterocycles. The number of piperidine rings is 1. The molecule has 0 saturated carbocycles. The van der Waals surface area contributed by atoms with E-state index in [4.69, 9.17) is 0 Å². The Hall–Kier alpha value is -2.38. The van der Waals surface area contributed by atoms with E-state index in [1.54, 1.807) is 0 Å². The van der Waals surface area contributed by atoms with Gasteiger partial charge in [-0.3, -0.25) is 10.1 Å². The number of nitrogens with zero attached hydrogens (tertiary/aromatic N) is 3. The third kappa shape index (κ3) is 3.04. The molecule has 0 aliphatic carbocycles. The Labute approximate surface area is 122 Å². The van der Waals surface area contributed by atoms with Gasteiger partial charge in [0, 0.05) is 26.2 Å². The van der Waals surface area contributed by atoms with Crippen LogP contribution in [0.15, 0.2) is 6.07 Å². The number of carbonyl (C=O) groups excluding carboxylic acids is 1. The molecule has 1 fully saturated rings. The van der Waals surface area contributed by atoms with Crippen LogP contribution in [0.4, 0.5) is 17.2 Å². The van der Waals surface area contributed by atoms with Crippen LogP contribution in [0.2, 0.25) is 0 Å². The van der Waals surface area contributed by atoms with Gasteiger partial charge in [-0.1, -0.05) is 0 Å². The van der Waals surface area contributed by atoms with Gasteiger partial charge in [-0.2, -0.15) is 0 Å². The molecule has 8 nitrogen and oxygen atoms in total. The molecule has 0 aromatic carbocycles. The monoisotopic (exact) mass is 294 g/mol. The largest absolute Gasteiger partial charge is 0.464 e. The van der Waals surface area contributed by atoms with Crippen molar-refractivity contribution in [2.45, 2.75) is 19.3 Å². The zero-order valence-electron chi connectivity index (χ0n) is 12.1. The predicted octanol–water partition coefficient (Wildman–Crippen LogP) is 1.81. The minimum atomic E-state index is -0.611. The molecular formula is C13H18N4O4. The highest BCUT2D eigenvalue weighted by molar-refractivity contribution is 5.91. The Morgan fingerprint density at radius 1 is 1.43 bits per heavy atom. The number of carbonyl (C=O) groups is 1. The van der Waals surface area contributed by atoms with Crippen molar-refractivity contribution in [3.63, 3.8) is 0 Å². The summed E-state index contributed by atoms with van der Waals surface area (Å²) in [6, 6.07) is 1.44. The SMILES string of the molecule is CNc1nc(C(=O)OC)cc(N2CCCCC2)c1[N+](=O)[O-]. The molecule has 0 bridgehead atoms. The lowest BCUT2D eigenvalue weighted by atomic mass is 10.1. The standard InChI is InChI=1S/C13H18N4O4/c1-14-12-11(17(19)20)10(16-6-4-3-5-7-16)8-9(15-12)13(18)21-2/h8H,3-7H2,1-2H3,(H,14,15). The van der Waals surface area contributed by atoms with Crippen LogP contribution in [0, 0.1) is 10.1 Å². The Bertz CT molecular complexity index is 555. The molecule has 114 valence electrons. The average Bonchev–Trinajstić information content (AvgIpc) is 2.53. The highest BCUT2D eigenvalue weighted by atomic mass is 16.6. The lowest BCUT2D eigenvalue weighted by molar-refractivity contribution is -0.383. The topological polar surface area (TPSA) is 97.6 Å². The Balaban J connectivity index is 2.56. The van der Waals surface area contributed by atoms with Crippen LogP contribution in [-0.4, -0.2) is 43.1 Å². The van der Waals surface area contributed by atoms with Gasteiger partial charge in [-0.05, 0) is 19.3 Å². The third-order valence-corrected chi connectivity index (χ3v) is 3.48. The zero-order valence-corrected chi connectivity index (χ0v) is 12.1. The maximum atomic E-state index is 11.7. The van der Waals surface area contributed by atoms with Crippen LogP contribution in [0.25, 0.3) is 0 Å². The van der Waals surface area contributed by atoms with Crippen LogP contribution >= 0.6 is 0 Å². The molecule has 2 rings (SSSR count). The van der Waals surface area contributed by atoms with E-state index in [2.05, 4.69) is 15.0 Å². The van der Waals surface area contributed by atoms with Gasteiger partial charge >= 0.3 is 11.7 Å². The highest BCUT2D eigenvalue weighted by Crippen LogP contribution is 2.36. The molecule has 8 heteroatoms. The van der Waals surface area contributed by atoms with Gasteiger partial charge in [0.25, 0.3) is 0 Å². The van der Waals surface area contributed by atoms with E-state index >= 15 is 0 Å². The summed E-state index contributed by atoms with van der Waals surface area (Å²) in [5.74, 6) is -0.539. The van der Waals surface area contributed by atoms with Gasteiger partial charge in [-0.25, -0.2) is 9.78 Å². The number of aromatic nitrogens is 1. The van der Waals surface area contributed by atoms with Crippen molar-refractivity contribution in [2.24, 2.45) is 0 Å². The molecule has 0 amide bonds. The molecule has 2 heterocycles. The molecule has 1 aromatic heterocycles. The quantitative estimate of drug-likeness (QED) is 0.513. The highest BCUT2D eigenvalue weighted by Gasteiger charge is 2.28. The Kier molecular flexibility index (Phi) is 4.56. The molecule has 1 saturated heterocycles. The number of anilines is 2. The minimum absolute atomic E-state index is 0.0630. The molecule has 21 heavy (non-hydrogen) atoms. The molecular weight excluding hydrogens is 276 g/mol. The van der Waals surface area contributed by atoms with Crippen molar-refractivity contribution in [1.29, 1.82) is 0 Å². The van der Waals surface area contributed by atoms with Gasteiger partial charge in [0.05, 0.1) is 12.0 Å². The van der Waals surface area contributed by atoms with Crippen LogP contribution in [0.5, 0.6) is 0 Å². The minimum Gasteiger partial charge on any atom is -0.464 e. The molecule has 1 N–H and O–H groups in total. The Morgan fingerprint density at radius 3 is 2.62 bits per heavy atom. The van der Waals surface area contributed by atoms with E-state index in [1.807, 2.05) is 4.90 Å². The number of rotatable bonds is 4. The van der Waals surface area contributed by atoms with Gasteiger partial charge in [0.1, 0.15) is 5.69 Å². The van der Waals surface area contributed by atoms with Crippen molar-refractivity contribution >= 4 is 23.2 Å². The first kappa shape index (κ1) is 15.0. The van der Waals surface area contributed by atoms with Gasteiger partial charge in [0.15, 0.2) is 5.69 Å². The van der Waals surface area contributed by atoms with E-state index < -0.39 is 10.9 Å². The summed E-state index contributed by atoms with van der Waals surface area (Å²) in [5, 5.41) is 14.1. The van der Waals surface area contributed by atoms with E-state index in [9.17, 15) is 14.9 Å². The third-order valence-electron chi connectivity index (χ3n) is 3.48. The summed E-state index contributed by atoms with van der Waals surface area (Å²) in [6.45, 7) is 1.46. The number of methoxy groups -OCH3 is 1. The van der Waals surface area contributed by atoms with Gasteiger partial charge < -0.3 is 15.0 Å². The predicted molar refractivity (Wildman–Crippen MR) is 77.8 cm³/mol. The van der Waals surface area contributed by atoms with E-state index in [0.717, 1.165) is 32.4 Å². The zero-order chi connectivity index (χ0) is 15.4. The average molecular weight is 294 g/mol. The van der Waals surface area contributed by atoms with Crippen molar-refractivity contribution in [3.05, 3.63) is 21.9 Å². The van der Waals surface area contributed by atoms with Crippen molar-refractivity contribution in [1.82, 2.24) is 4.98 Å². The molecule has 0 unspecified atom stereocenters. The van der Waals surface area contributed by atoms with E-state index in [0.29, 0.717) is 5.69 Å². The number of hydrogen-bond acceptors (Lipinski definition) is 7. The molecule has 0 atom stereocenters. The number of pyridine rings is 1. The first-order valence-electron chi connectivity index (χ1n) is 6.79. The maximum Gasteiger partial charge on any atom is 0.356 e. The van der Waals surface area contributed by atoms with Crippen molar-refractivity contribution < 1.29 is 14.5 Å². The first-order valence-corrected chi connectivity index (χ1v) is 6.79. The van der Waals surface area contributed by atoms with Gasteiger partial charge in [0.2, 0.25) is 5.82 Å². The molecule has 1 aliphatic rings. The van der Waals surface area contributed by atoms with Crippen molar-refractivity contribution in [2.75, 3.05) is 37.5 Å². The summed E-state index contributed by atoms with van der Waals surface area (Å²) in [6.07, 6.45) is 3.06. The number of ether oxygens (including phenoxy) is 1. The second-order valence-corrected chi connectivity index (χ2v) is 4.77. The first-order chi connectivity index (χ1) is 10.1. The van der Waals surface area contributed by atoms with E-state index in [1.165, 1.54) is 20.2 Å². The lowest BCUT2D eigenvalue weighted by Crippen LogP contribution is -2.30. The fourth-order valence-corrected chi connectivity index (χ4v) is 2.46. The number of hydrogen-bond donors (Lipinski definition) is 1. The summed E-state index contributed by atoms with van der Waals surface area (Å²) in [7, 11) is 2.79. The fraction of sp³-hybridized carbons (Fsp3) is 0.538. The summed E-state index contributed by atoms with van der Waals surface area (Å²) in [5.41, 5.74) is 0.375.